The van der Waals surface area contributed by atoms with Gasteiger partial charge in [-0.25, -0.2) is 0 Å². The van der Waals surface area contributed by atoms with Crippen molar-refractivity contribution in [2.24, 2.45) is 5.92 Å². The summed E-state index contributed by atoms with van der Waals surface area (Å²) in [5, 5.41) is 0. The van der Waals surface area contributed by atoms with Crippen LogP contribution in [-0.4, -0.2) is 47.3 Å². The van der Waals surface area contributed by atoms with Gasteiger partial charge in [0, 0.05) is 26.1 Å². The third kappa shape index (κ3) is 3.65. The molecule has 0 aromatic heterocycles. The lowest BCUT2D eigenvalue weighted by Gasteiger charge is -2.38. The van der Waals surface area contributed by atoms with Crippen LogP contribution in [0.15, 0.2) is 24.3 Å². The molecule has 0 bridgehead atoms. The van der Waals surface area contributed by atoms with E-state index in [-0.39, 0.29) is 17.9 Å². The summed E-state index contributed by atoms with van der Waals surface area (Å²) in [4.78, 5) is 29.9. The number of piperidine rings is 1. The van der Waals surface area contributed by atoms with Crippen molar-refractivity contribution in [1.29, 1.82) is 0 Å². The maximum Gasteiger partial charge on any atom is 0.245 e. The number of fused-ring (bicyclic) bond motifs is 1. The van der Waals surface area contributed by atoms with Gasteiger partial charge in [-0.05, 0) is 68.4 Å². The van der Waals surface area contributed by atoms with Crippen molar-refractivity contribution in [2.45, 2.75) is 63.8 Å². The van der Waals surface area contributed by atoms with Crippen LogP contribution in [0.25, 0.3) is 0 Å². The number of rotatable bonds is 3. The molecule has 4 rings (SSSR count). The first kappa shape index (κ1) is 17.6. The van der Waals surface area contributed by atoms with Gasteiger partial charge in [0.05, 0.1) is 0 Å². The molecule has 4 nitrogen and oxygen atoms in total. The van der Waals surface area contributed by atoms with Crippen molar-refractivity contribution >= 4 is 11.8 Å². The van der Waals surface area contributed by atoms with Crippen LogP contribution < -0.4 is 0 Å². The Morgan fingerprint density at radius 3 is 2.46 bits per heavy atom. The molecule has 140 valence electrons. The summed E-state index contributed by atoms with van der Waals surface area (Å²) in [7, 11) is 0. The summed E-state index contributed by atoms with van der Waals surface area (Å²) in [6, 6.07) is 8.41. The minimum Gasteiger partial charge on any atom is -0.341 e. The van der Waals surface area contributed by atoms with E-state index in [0.717, 1.165) is 71.0 Å². The topological polar surface area (TPSA) is 40.6 Å². The van der Waals surface area contributed by atoms with E-state index in [4.69, 9.17) is 0 Å². The van der Waals surface area contributed by atoms with E-state index in [1.807, 2.05) is 9.80 Å². The van der Waals surface area contributed by atoms with Crippen LogP contribution in [0.3, 0.4) is 0 Å². The highest BCUT2D eigenvalue weighted by atomic mass is 16.2. The summed E-state index contributed by atoms with van der Waals surface area (Å²) >= 11 is 0. The molecule has 0 spiro atoms. The van der Waals surface area contributed by atoms with Crippen LogP contribution in [0.5, 0.6) is 0 Å². The summed E-state index contributed by atoms with van der Waals surface area (Å²) < 4.78 is 0. The zero-order valence-electron chi connectivity index (χ0n) is 15.7. The van der Waals surface area contributed by atoms with Gasteiger partial charge in [0.2, 0.25) is 11.8 Å². The van der Waals surface area contributed by atoms with Crippen molar-refractivity contribution in [1.82, 2.24) is 9.80 Å². The number of nitrogens with zero attached hydrogens (tertiary/aromatic N) is 2. The van der Waals surface area contributed by atoms with E-state index in [1.165, 1.54) is 11.1 Å². The molecule has 1 aromatic rings. The Morgan fingerprint density at radius 1 is 0.923 bits per heavy atom. The number of carbonyl (C=O) groups is 2. The van der Waals surface area contributed by atoms with Gasteiger partial charge < -0.3 is 9.80 Å². The molecule has 2 fully saturated rings. The summed E-state index contributed by atoms with van der Waals surface area (Å²) in [6.45, 7) is 2.50. The standard InChI is InChI=1S/C22H30N2O2/c25-21(16-17-10-11-18-7-1-2-8-19(18)15-17)24-14-4-3-9-20(24)22(26)23-12-5-6-13-23/h1-2,7-8,17,20H,3-6,9-16H2/t17-,20?/m0/s1. The van der Waals surface area contributed by atoms with Crippen molar-refractivity contribution in [3.05, 3.63) is 35.4 Å². The third-order valence-corrected chi connectivity index (χ3v) is 6.44. The van der Waals surface area contributed by atoms with Gasteiger partial charge in [0.1, 0.15) is 6.04 Å². The molecule has 0 saturated carbocycles. The van der Waals surface area contributed by atoms with E-state index in [2.05, 4.69) is 24.3 Å². The molecule has 1 unspecified atom stereocenters. The molecule has 2 amide bonds. The number of hydrogen-bond donors (Lipinski definition) is 0. The Morgan fingerprint density at radius 2 is 1.65 bits per heavy atom. The predicted octanol–water partition coefficient (Wildman–Crippen LogP) is 3.19. The van der Waals surface area contributed by atoms with Crippen LogP contribution in [0.2, 0.25) is 0 Å². The Balaban J connectivity index is 1.40. The first-order valence-electron chi connectivity index (χ1n) is 10.4. The lowest BCUT2D eigenvalue weighted by molar-refractivity contribution is -0.147. The average molecular weight is 354 g/mol. The Kier molecular flexibility index (Phi) is 5.28. The molecule has 26 heavy (non-hydrogen) atoms. The van der Waals surface area contributed by atoms with Crippen LogP contribution in [0, 0.1) is 5.92 Å². The molecular formula is C22H30N2O2. The highest BCUT2D eigenvalue weighted by Crippen LogP contribution is 2.29. The van der Waals surface area contributed by atoms with Gasteiger partial charge in [-0.3, -0.25) is 9.59 Å². The fourth-order valence-electron chi connectivity index (χ4n) is 4.95. The van der Waals surface area contributed by atoms with E-state index in [0.29, 0.717) is 12.3 Å². The Hall–Kier alpha value is -1.84. The molecule has 0 radical (unpaired) electrons. The first-order chi connectivity index (χ1) is 12.7. The maximum atomic E-state index is 13.1. The molecule has 0 N–H and O–H groups in total. The first-order valence-corrected chi connectivity index (χ1v) is 10.4. The monoisotopic (exact) mass is 354 g/mol. The van der Waals surface area contributed by atoms with Crippen molar-refractivity contribution in [3.63, 3.8) is 0 Å². The number of hydrogen-bond acceptors (Lipinski definition) is 2. The van der Waals surface area contributed by atoms with Crippen LogP contribution in [0.4, 0.5) is 0 Å². The van der Waals surface area contributed by atoms with E-state index in [1.54, 1.807) is 0 Å². The van der Waals surface area contributed by atoms with E-state index < -0.39 is 0 Å². The summed E-state index contributed by atoms with van der Waals surface area (Å²) in [5.41, 5.74) is 2.84. The fraction of sp³-hybridized carbons (Fsp3) is 0.636. The summed E-state index contributed by atoms with van der Waals surface area (Å²) in [6.07, 6.45) is 8.90. The van der Waals surface area contributed by atoms with Crippen LogP contribution in [0.1, 0.15) is 56.1 Å². The smallest absolute Gasteiger partial charge is 0.245 e. The summed E-state index contributed by atoms with van der Waals surface area (Å²) in [5.74, 6) is 0.818. The lowest BCUT2D eigenvalue weighted by Crippen LogP contribution is -2.52. The van der Waals surface area contributed by atoms with Gasteiger partial charge in [-0.15, -0.1) is 0 Å². The van der Waals surface area contributed by atoms with Gasteiger partial charge >= 0.3 is 0 Å². The second-order valence-corrected chi connectivity index (χ2v) is 8.21. The molecule has 2 saturated heterocycles. The number of amides is 2. The molecule has 2 heterocycles. The predicted molar refractivity (Wildman–Crippen MR) is 102 cm³/mol. The third-order valence-electron chi connectivity index (χ3n) is 6.44. The highest BCUT2D eigenvalue weighted by molar-refractivity contribution is 5.88. The van der Waals surface area contributed by atoms with Crippen LogP contribution in [-0.2, 0) is 22.4 Å². The van der Waals surface area contributed by atoms with E-state index in [9.17, 15) is 9.59 Å². The number of aryl methyl sites for hydroxylation is 1. The van der Waals surface area contributed by atoms with Crippen LogP contribution >= 0.6 is 0 Å². The van der Waals surface area contributed by atoms with Gasteiger partial charge in [0.25, 0.3) is 0 Å². The molecular weight excluding hydrogens is 324 g/mol. The molecule has 2 aliphatic heterocycles. The molecule has 1 aliphatic carbocycles. The van der Waals surface area contributed by atoms with Gasteiger partial charge in [0.15, 0.2) is 0 Å². The minimum atomic E-state index is -0.203. The second kappa shape index (κ2) is 7.81. The minimum absolute atomic E-state index is 0.199. The largest absolute Gasteiger partial charge is 0.341 e. The number of benzene rings is 1. The number of carbonyl (C=O) groups excluding carboxylic acids is 2. The maximum absolute atomic E-state index is 13.1. The van der Waals surface area contributed by atoms with Crippen molar-refractivity contribution < 1.29 is 9.59 Å². The number of likely N-dealkylation sites (tertiary alicyclic amines) is 2. The normalized spacial score (nSPS) is 25.8. The Labute approximate surface area is 156 Å². The Bertz CT molecular complexity index is 666. The van der Waals surface area contributed by atoms with Crippen molar-refractivity contribution in [2.75, 3.05) is 19.6 Å². The average Bonchev–Trinajstić information content (AvgIpc) is 3.22. The quantitative estimate of drug-likeness (QED) is 0.836. The fourth-order valence-corrected chi connectivity index (χ4v) is 4.95. The molecule has 4 heteroatoms. The zero-order valence-corrected chi connectivity index (χ0v) is 15.7. The van der Waals surface area contributed by atoms with E-state index >= 15 is 0 Å². The zero-order chi connectivity index (χ0) is 17.9. The highest BCUT2D eigenvalue weighted by Gasteiger charge is 2.36. The molecule has 1 aromatic carbocycles. The molecule has 3 aliphatic rings. The van der Waals surface area contributed by atoms with Gasteiger partial charge in [-0.2, -0.15) is 0 Å². The lowest BCUT2D eigenvalue weighted by atomic mass is 9.82. The second-order valence-electron chi connectivity index (χ2n) is 8.21. The molecule has 2 atom stereocenters. The van der Waals surface area contributed by atoms with Crippen molar-refractivity contribution in [3.8, 4) is 0 Å². The van der Waals surface area contributed by atoms with Gasteiger partial charge in [-0.1, -0.05) is 24.3 Å². The SMILES string of the molecule is O=C(C1CCCCN1C(=O)C[C@H]1CCc2ccccc2C1)N1CCCC1.